The summed E-state index contributed by atoms with van der Waals surface area (Å²) in [6.07, 6.45) is 1.68. The number of halogens is 2. The van der Waals surface area contributed by atoms with Gasteiger partial charge in [-0.1, -0.05) is 12.1 Å². The van der Waals surface area contributed by atoms with Gasteiger partial charge in [0.1, 0.15) is 5.75 Å². The van der Waals surface area contributed by atoms with Crippen LogP contribution in [0.1, 0.15) is 18.4 Å². The predicted octanol–water partition coefficient (Wildman–Crippen LogP) is 1.99. The lowest BCUT2D eigenvalue weighted by Gasteiger charge is -2.22. The van der Waals surface area contributed by atoms with E-state index in [2.05, 4.69) is 4.74 Å². The van der Waals surface area contributed by atoms with Crippen LogP contribution in [-0.2, 0) is 11.3 Å². The van der Waals surface area contributed by atoms with E-state index in [1.807, 2.05) is 0 Å². The Balaban J connectivity index is 1.94. The molecule has 1 aliphatic carbocycles. The van der Waals surface area contributed by atoms with Gasteiger partial charge in [0.2, 0.25) is 5.91 Å². The molecule has 0 radical (unpaired) electrons. The molecule has 110 valence electrons. The third-order valence-corrected chi connectivity index (χ3v) is 3.61. The molecule has 0 unspecified atom stereocenters. The molecule has 0 bridgehead atoms. The van der Waals surface area contributed by atoms with Crippen LogP contribution in [0, 0.1) is 5.41 Å². The number of carbonyl (C=O) groups excluding carboxylic acids is 1. The number of amides is 1. The van der Waals surface area contributed by atoms with E-state index in [9.17, 15) is 13.6 Å². The van der Waals surface area contributed by atoms with E-state index in [0.29, 0.717) is 13.1 Å². The normalized spacial score (nSPS) is 16.1. The summed E-state index contributed by atoms with van der Waals surface area (Å²) in [6.45, 7) is -2.03. The number of ether oxygens (including phenoxy) is 1. The molecule has 0 spiro atoms. The van der Waals surface area contributed by atoms with Crippen molar-refractivity contribution in [3.05, 3.63) is 29.8 Å². The van der Waals surface area contributed by atoms with Crippen molar-refractivity contribution in [3.8, 4) is 5.75 Å². The lowest BCUT2D eigenvalue weighted by Crippen LogP contribution is -2.37. The quantitative estimate of drug-likeness (QED) is 0.869. The standard InChI is InChI=1S/C14H18F2N2O2/c1-18(12(19)14(9-17)6-7-14)8-10-2-4-11(5-3-10)20-13(15)16/h2-5,13H,6-9,17H2,1H3. The zero-order valence-corrected chi connectivity index (χ0v) is 11.3. The van der Waals surface area contributed by atoms with Gasteiger partial charge in [0, 0.05) is 20.1 Å². The average Bonchev–Trinajstić information content (AvgIpc) is 3.20. The third kappa shape index (κ3) is 3.25. The number of nitrogens with two attached hydrogens (primary N) is 1. The van der Waals surface area contributed by atoms with Crippen molar-refractivity contribution >= 4 is 5.91 Å². The first-order valence-corrected chi connectivity index (χ1v) is 6.46. The molecular weight excluding hydrogens is 266 g/mol. The van der Waals surface area contributed by atoms with Crippen LogP contribution in [0.2, 0.25) is 0 Å². The largest absolute Gasteiger partial charge is 0.435 e. The van der Waals surface area contributed by atoms with E-state index in [-0.39, 0.29) is 17.1 Å². The molecule has 1 saturated carbocycles. The number of benzene rings is 1. The number of carbonyl (C=O) groups is 1. The Labute approximate surface area is 116 Å². The van der Waals surface area contributed by atoms with Crippen molar-refractivity contribution in [3.63, 3.8) is 0 Å². The average molecular weight is 284 g/mol. The fourth-order valence-electron chi connectivity index (χ4n) is 2.18. The number of hydrogen-bond donors (Lipinski definition) is 1. The van der Waals surface area contributed by atoms with Gasteiger partial charge in [-0.2, -0.15) is 8.78 Å². The molecule has 0 saturated heterocycles. The molecule has 0 heterocycles. The van der Waals surface area contributed by atoms with Crippen LogP contribution in [0.3, 0.4) is 0 Å². The highest BCUT2D eigenvalue weighted by Crippen LogP contribution is 2.46. The second-order valence-corrected chi connectivity index (χ2v) is 5.17. The second-order valence-electron chi connectivity index (χ2n) is 5.17. The summed E-state index contributed by atoms with van der Waals surface area (Å²) >= 11 is 0. The first kappa shape index (κ1) is 14.7. The van der Waals surface area contributed by atoms with E-state index >= 15 is 0 Å². The van der Waals surface area contributed by atoms with Crippen LogP contribution in [0.4, 0.5) is 8.78 Å². The van der Waals surface area contributed by atoms with Gasteiger partial charge < -0.3 is 15.4 Å². The minimum Gasteiger partial charge on any atom is -0.435 e. The van der Waals surface area contributed by atoms with Crippen LogP contribution in [0.5, 0.6) is 5.75 Å². The Morgan fingerprint density at radius 3 is 2.45 bits per heavy atom. The lowest BCUT2D eigenvalue weighted by atomic mass is 10.1. The van der Waals surface area contributed by atoms with Gasteiger partial charge in [-0.3, -0.25) is 4.79 Å². The van der Waals surface area contributed by atoms with E-state index < -0.39 is 6.61 Å². The fraction of sp³-hybridized carbons (Fsp3) is 0.500. The molecule has 1 aliphatic rings. The number of rotatable bonds is 6. The zero-order chi connectivity index (χ0) is 14.8. The van der Waals surface area contributed by atoms with Gasteiger partial charge >= 0.3 is 6.61 Å². The first-order chi connectivity index (χ1) is 9.47. The van der Waals surface area contributed by atoms with Gasteiger partial charge in [-0.15, -0.1) is 0 Å². The lowest BCUT2D eigenvalue weighted by molar-refractivity contribution is -0.135. The SMILES string of the molecule is CN(Cc1ccc(OC(F)F)cc1)C(=O)C1(CN)CC1. The summed E-state index contributed by atoms with van der Waals surface area (Å²) in [5.74, 6) is 0.159. The zero-order valence-electron chi connectivity index (χ0n) is 11.3. The molecule has 2 N–H and O–H groups in total. The molecule has 0 atom stereocenters. The maximum absolute atomic E-state index is 12.2. The van der Waals surface area contributed by atoms with Gasteiger partial charge in [0.15, 0.2) is 0 Å². The van der Waals surface area contributed by atoms with Crippen LogP contribution >= 0.6 is 0 Å². The summed E-state index contributed by atoms with van der Waals surface area (Å²) in [6, 6.07) is 6.28. The fourth-order valence-corrected chi connectivity index (χ4v) is 2.18. The summed E-state index contributed by atoms with van der Waals surface area (Å²) in [4.78, 5) is 13.8. The summed E-state index contributed by atoms with van der Waals surface area (Å²) in [5, 5.41) is 0. The predicted molar refractivity (Wildman–Crippen MR) is 70.3 cm³/mol. The van der Waals surface area contributed by atoms with Gasteiger partial charge in [0.05, 0.1) is 5.41 Å². The van der Waals surface area contributed by atoms with E-state index in [1.165, 1.54) is 12.1 Å². The summed E-state index contributed by atoms with van der Waals surface area (Å²) in [5.41, 5.74) is 6.12. The van der Waals surface area contributed by atoms with Gasteiger partial charge in [-0.25, -0.2) is 0 Å². The Morgan fingerprint density at radius 2 is 2.00 bits per heavy atom. The highest BCUT2D eigenvalue weighted by Gasteiger charge is 2.49. The maximum atomic E-state index is 12.2. The first-order valence-electron chi connectivity index (χ1n) is 6.46. The Hall–Kier alpha value is -1.69. The summed E-state index contributed by atoms with van der Waals surface area (Å²) < 4.78 is 28.3. The van der Waals surface area contributed by atoms with Gasteiger partial charge in [-0.05, 0) is 30.5 Å². The Bertz CT molecular complexity index is 473. The van der Waals surface area contributed by atoms with E-state index in [0.717, 1.165) is 18.4 Å². The topological polar surface area (TPSA) is 55.6 Å². The molecular formula is C14H18F2N2O2. The van der Waals surface area contributed by atoms with Crippen LogP contribution < -0.4 is 10.5 Å². The highest BCUT2D eigenvalue weighted by atomic mass is 19.3. The third-order valence-electron chi connectivity index (χ3n) is 3.61. The molecule has 1 aromatic rings. The Kier molecular flexibility index (Phi) is 4.23. The van der Waals surface area contributed by atoms with Crippen molar-refractivity contribution < 1.29 is 18.3 Å². The van der Waals surface area contributed by atoms with Crippen LogP contribution in [0.15, 0.2) is 24.3 Å². The van der Waals surface area contributed by atoms with Crippen molar-refractivity contribution in [1.29, 1.82) is 0 Å². The molecule has 6 heteroatoms. The molecule has 1 fully saturated rings. The van der Waals surface area contributed by atoms with Crippen molar-refractivity contribution in [1.82, 2.24) is 4.90 Å². The van der Waals surface area contributed by atoms with Crippen molar-refractivity contribution in [2.45, 2.75) is 26.0 Å². The van der Waals surface area contributed by atoms with Crippen LogP contribution in [-0.4, -0.2) is 31.0 Å². The molecule has 0 aliphatic heterocycles. The molecule has 4 nitrogen and oxygen atoms in total. The minimum atomic E-state index is -2.83. The smallest absolute Gasteiger partial charge is 0.387 e. The molecule has 1 amide bonds. The van der Waals surface area contributed by atoms with E-state index in [1.54, 1.807) is 24.1 Å². The molecule has 1 aromatic carbocycles. The van der Waals surface area contributed by atoms with Gasteiger partial charge in [0.25, 0.3) is 0 Å². The maximum Gasteiger partial charge on any atom is 0.387 e. The molecule has 2 rings (SSSR count). The Morgan fingerprint density at radius 1 is 1.40 bits per heavy atom. The molecule has 20 heavy (non-hydrogen) atoms. The highest BCUT2D eigenvalue weighted by molar-refractivity contribution is 5.85. The van der Waals surface area contributed by atoms with Crippen molar-refractivity contribution in [2.75, 3.05) is 13.6 Å². The minimum absolute atomic E-state index is 0.0490. The van der Waals surface area contributed by atoms with Crippen LogP contribution in [0.25, 0.3) is 0 Å². The summed E-state index contributed by atoms with van der Waals surface area (Å²) in [7, 11) is 1.72. The van der Waals surface area contributed by atoms with Crippen molar-refractivity contribution in [2.24, 2.45) is 11.1 Å². The molecule has 0 aromatic heterocycles. The monoisotopic (exact) mass is 284 g/mol. The number of nitrogens with zero attached hydrogens (tertiary/aromatic N) is 1. The number of alkyl halides is 2. The second kappa shape index (κ2) is 5.75. The number of hydrogen-bond acceptors (Lipinski definition) is 3. The van der Waals surface area contributed by atoms with E-state index in [4.69, 9.17) is 5.73 Å².